The summed E-state index contributed by atoms with van der Waals surface area (Å²) in [4.78, 5) is 10.3. The zero-order valence-corrected chi connectivity index (χ0v) is 16.4. The van der Waals surface area contributed by atoms with Gasteiger partial charge in [-0.05, 0) is 23.3 Å². The van der Waals surface area contributed by atoms with Gasteiger partial charge in [-0.3, -0.25) is 10.1 Å². The van der Waals surface area contributed by atoms with Crippen molar-refractivity contribution in [2.75, 3.05) is 0 Å². The Labute approximate surface area is 169 Å². The molecular formula is C22H20N2O4S. The average molecular weight is 408 g/mol. The highest BCUT2D eigenvalue weighted by Gasteiger charge is 2.31. The fourth-order valence-corrected chi connectivity index (χ4v) is 4.62. The molecular weight excluding hydrogens is 388 g/mol. The molecule has 1 atom stereocenters. The second-order valence-corrected chi connectivity index (χ2v) is 8.27. The Bertz CT molecular complexity index is 1080. The fraction of sp³-hybridized carbons (Fsp3) is 0.0909. The van der Waals surface area contributed by atoms with E-state index in [1.54, 1.807) is 6.08 Å². The molecule has 7 heteroatoms. The lowest BCUT2D eigenvalue weighted by molar-refractivity contribution is -0.384. The molecule has 0 saturated carbocycles. The van der Waals surface area contributed by atoms with Gasteiger partial charge in [-0.15, -0.1) is 6.58 Å². The van der Waals surface area contributed by atoms with E-state index in [1.165, 1.54) is 28.6 Å². The minimum absolute atomic E-state index is 0.0122. The summed E-state index contributed by atoms with van der Waals surface area (Å²) >= 11 is 0. The first-order chi connectivity index (χ1) is 13.9. The van der Waals surface area contributed by atoms with Crippen LogP contribution in [-0.4, -0.2) is 17.6 Å². The summed E-state index contributed by atoms with van der Waals surface area (Å²) in [6.07, 6.45) is 1.58. The molecule has 0 fully saturated rings. The van der Waals surface area contributed by atoms with Gasteiger partial charge in [0.05, 0.1) is 15.9 Å². The molecule has 3 aromatic carbocycles. The van der Waals surface area contributed by atoms with Gasteiger partial charge in [0.2, 0.25) is 10.0 Å². The predicted octanol–water partition coefficient (Wildman–Crippen LogP) is 4.71. The molecule has 0 bridgehead atoms. The zero-order chi connectivity index (χ0) is 20.9. The van der Waals surface area contributed by atoms with Gasteiger partial charge in [0, 0.05) is 18.7 Å². The highest BCUT2D eigenvalue weighted by molar-refractivity contribution is 7.89. The summed E-state index contributed by atoms with van der Waals surface area (Å²) in [6, 6.07) is 22.8. The molecule has 0 N–H and O–H groups in total. The molecule has 3 rings (SSSR count). The molecule has 0 saturated heterocycles. The first-order valence-corrected chi connectivity index (χ1v) is 10.3. The number of hydrogen-bond acceptors (Lipinski definition) is 4. The van der Waals surface area contributed by atoms with Crippen molar-refractivity contribution in [1.82, 2.24) is 4.31 Å². The SMILES string of the molecule is C=C[C@@H](c1ccccc1)N(Cc1ccccc1)S(=O)(=O)c1ccc([N+](=O)[O-])cc1. The number of nitro groups is 1. The number of sulfonamides is 1. The molecule has 0 amide bonds. The normalized spacial score (nSPS) is 12.4. The van der Waals surface area contributed by atoms with E-state index >= 15 is 0 Å². The Kier molecular flexibility index (Phi) is 6.21. The fourth-order valence-electron chi connectivity index (χ4n) is 3.04. The predicted molar refractivity (Wildman–Crippen MR) is 112 cm³/mol. The van der Waals surface area contributed by atoms with Crippen LogP contribution < -0.4 is 0 Å². The van der Waals surface area contributed by atoms with Crippen molar-refractivity contribution in [3.8, 4) is 0 Å². The highest BCUT2D eigenvalue weighted by Crippen LogP contribution is 2.31. The van der Waals surface area contributed by atoms with E-state index in [1.807, 2.05) is 60.7 Å². The second kappa shape index (κ2) is 8.81. The minimum Gasteiger partial charge on any atom is -0.258 e. The Morgan fingerprint density at radius 3 is 2.00 bits per heavy atom. The molecule has 0 aliphatic carbocycles. The number of benzene rings is 3. The Morgan fingerprint density at radius 2 is 1.48 bits per heavy atom. The maximum atomic E-state index is 13.5. The van der Waals surface area contributed by atoms with Crippen molar-refractivity contribution in [3.63, 3.8) is 0 Å². The smallest absolute Gasteiger partial charge is 0.258 e. The first kappa shape index (κ1) is 20.4. The van der Waals surface area contributed by atoms with Crippen molar-refractivity contribution >= 4 is 15.7 Å². The van der Waals surface area contributed by atoms with Crippen LogP contribution in [0.25, 0.3) is 0 Å². The van der Waals surface area contributed by atoms with E-state index in [4.69, 9.17) is 0 Å². The molecule has 29 heavy (non-hydrogen) atoms. The van der Waals surface area contributed by atoms with Crippen LogP contribution in [0.4, 0.5) is 5.69 Å². The lowest BCUT2D eigenvalue weighted by atomic mass is 10.1. The second-order valence-electron chi connectivity index (χ2n) is 6.38. The third kappa shape index (κ3) is 4.59. The number of nitrogens with zero attached hydrogens (tertiary/aromatic N) is 2. The average Bonchev–Trinajstić information content (AvgIpc) is 2.75. The third-order valence-corrected chi connectivity index (χ3v) is 6.35. The Balaban J connectivity index is 2.07. The van der Waals surface area contributed by atoms with Crippen LogP contribution in [0.2, 0.25) is 0 Å². The van der Waals surface area contributed by atoms with Crippen molar-refractivity contribution in [1.29, 1.82) is 0 Å². The van der Waals surface area contributed by atoms with Crippen molar-refractivity contribution in [2.45, 2.75) is 17.5 Å². The number of nitro benzene ring substituents is 1. The van der Waals surface area contributed by atoms with Gasteiger partial charge in [-0.1, -0.05) is 66.7 Å². The van der Waals surface area contributed by atoms with Crippen LogP contribution in [0.3, 0.4) is 0 Å². The highest BCUT2D eigenvalue weighted by atomic mass is 32.2. The van der Waals surface area contributed by atoms with Crippen molar-refractivity contribution in [3.05, 3.63) is 119 Å². The largest absolute Gasteiger partial charge is 0.269 e. The Morgan fingerprint density at radius 1 is 0.931 bits per heavy atom. The first-order valence-electron chi connectivity index (χ1n) is 8.91. The van der Waals surface area contributed by atoms with Gasteiger partial charge in [0.25, 0.3) is 5.69 Å². The summed E-state index contributed by atoms with van der Waals surface area (Å²) in [7, 11) is -3.96. The van der Waals surface area contributed by atoms with Crippen LogP contribution in [0.15, 0.2) is 102 Å². The van der Waals surface area contributed by atoms with Gasteiger partial charge >= 0.3 is 0 Å². The van der Waals surface area contributed by atoms with Crippen molar-refractivity contribution < 1.29 is 13.3 Å². The summed E-state index contributed by atoms with van der Waals surface area (Å²) < 4.78 is 28.4. The number of non-ortho nitro benzene ring substituents is 1. The van der Waals surface area contributed by atoms with E-state index in [0.29, 0.717) is 0 Å². The minimum atomic E-state index is -3.96. The molecule has 0 aliphatic rings. The van der Waals surface area contributed by atoms with E-state index in [-0.39, 0.29) is 17.1 Å². The zero-order valence-electron chi connectivity index (χ0n) is 15.6. The van der Waals surface area contributed by atoms with Crippen LogP contribution in [0.1, 0.15) is 17.2 Å². The quantitative estimate of drug-likeness (QED) is 0.307. The Hall–Kier alpha value is -3.29. The van der Waals surface area contributed by atoms with E-state index in [9.17, 15) is 18.5 Å². The van der Waals surface area contributed by atoms with Gasteiger partial charge in [-0.25, -0.2) is 8.42 Å². The molecule has 0 heterocycles. The summed E-state index contributed by atoms with van der Waals surface area (Å²) in [5, 5.41) is 10.9. The summed E-state index contributed by atoms with van der Waals surface area (Å²) in [5.41, 5.74) is 1.44. The van der Waals surface area contributed by atoms with Crippen molar-refractivity contribution in [2.24, 2.45) is 0 Å². The van der Waals surface area contributed by atoms with E-state index in [0.717, 1.165) is 11.1 Å². The third-order valence-electron chi connectivity index (χ3n) is 4.51. The lowest BCUT2D eigenvalue weighted by Crippen LogP contribution is -2.33. The van der Waals surface area contributed by atoms with Gasteiger partial charge in [0.15, 0.2) is 0 Å². The number of rotatable bonds is 8. The maximum absolute atomic E-state index is 13.5. The number of hydrogen-bond donors (Lipinski definition) is 0. The molecule has 148 valence electrons. The monoisotopic (exact) mass is 408 g/mol. The molecule has 3 aromatic rings. The topological polar surface area (TPSA) is 80.5 Å². The standard InChI is InChI=1S/C22H20N2O4S/c1-2-22(19-11-7-4-8-12-19)23(17-18-9-5-3-6-10-18)29(27,28)21-15-13-20(14-16-21)24(25)26/h2-16,22H,1,17H2/t22-/m0/s1. The van der Waals surface area contributed by atoms with E-state index < -0.39 is 21.0 Å². The van der Waals surface area contributed by atoms with E-state index in [2.05, 4.69) is 6.58 Å². The summed E-state index contributed by atoms with van der Waals surface area (Å²) in [6.45, 7) is 3.98. The molecule has 6 nitrogen and oxygen atoms in total. The summed E-state index contributed by atoms with van der Waals surface area (Å²) in [5.74, 6) is 0. The van der Waals surface area contributed by atoms with Gasteiger partial charge in [0.1, 0.15) is 0 Å². The molecule has 0 unspecified atom stereocenters. The molecule has 0 aliphatic heterocycles. The maximum Gasteiger partial charge on any atom is 0.269 e. The lowest BCUT2D eigenvalue weighted by Gasteiger charge is -2.29. The van der Waals surface area contributed by atoms with Crippen LogP contribution >= 0.6 is 0 Å². The van der Waals surface area contributed by atoms with Gasteiger partial charge in [-0.2, -0.15) is 4.31 Å². The molecule has 0 spiro atoms. The van der Waals surface area contributed by atoms with Crippen LogP contribution in [-0.2, 0) is 16.6 Å². The molecule has 0 radical (unpaired) electrons. The van der Waals surface area contributed by atoms with Crippen LogP contribution in [0, 0.1) is 10.1 Å². The molecule has 0 aromatic heterocycles. The van der Waals surface area contributed by atoms with Gasteiger partial charge < -0.3 is 0 Å². The van der Waals surface area contributed by atoms with Crippen LogP contribution in [0.5, 0.6) is 0 Å².